The molecule has 0 aliphatic carbocycles. The number of esters is 1. The first-order chi connectivity index (χ1) is 10.7. The third-order valence-electron chi connectivity index (χ3n) is 2.81. The molecule has 0 atom stereocenters. The van der Waals surface area contributed by atoms with Gasteiger partial charge in [-0.1, -0.05) is 18.2 Å². The first-order valence-electron chi connectivity index (χ1n) is 6.61. The van der Waals surface area contributed by atoms with Crippen LogP contribution >= 0.6 is 11.3 Å². The molecule has 0 fully saturated rings. The molecule has 1 aromatic heterocycles. The van der Waals surface area contributed by atoms with Crippen LogP contribution in [0.5, 0.6) is 5.75 Å². The zero-order valence-corrected chi connectivity index (χ0v) is 13.5. The minimum atomic E-state index is -0.466. The van der Waals surface area contributed by atoms with E-state index < -0.39 is 5.97 Å². The molecule has 2 rings (SSSR count). The summed E-state index contributed by atoms with van der Waals surface area (Å²) in [4.78, 5) is 17.0. The van der Waals surface area contributed by atoms with Crippen LogP contribution in [0.1, 0.15) is 15.6 Å². The fraction of sp³-hybridized carbons (Fsp3) is 0.250. The SMILES string of the molecule is CO/C=C(/C(=O)OC)c1sc(C)nc1COc1ccccc1. The van der Waals surface area contributed by atoms with Gasteiger partial charge in [-0.2, -0.15) is 0 Å². The highest BCUT2D eigenvalue weighted by Crippen LogP contribution is 2.28. The summed E-state index contributed by atoms with van der Waals surface area (Å²) >= 11 is 1.40. The van der Waals surface area contributed by atoms with E-state index in [-0.39, 0.29) is 6.61 Å². The normalized spacial score (nSPS) is 11.1. The summed E-state index contributed by atoms with van der Waals surface area (Å²) in [5.41, 5.74) is 1.02. The minimum absolute atomic E-state index is 0.266. The van der Waals surface area contributed by atoms with E-state index in [1.54, 1.807) is 0 Å². The van der Waals surface area contributed by atoms with E-state index in [0.717, 1.165) is 10.8 Å². The number of thiazole rings is 1. The molecule has 22 heavy (non-hydrogen) atoms. The van der Waals surface area contributed by atoms with E-state index in [4.69, 9.17) is 14.2 Å². The number of aromatic nitrogens is 1. The van der Waals surface area contributed by atoms with Crippen LogP contribution in [-0.4, -0.2) is 25.2 Å². The predicted molar refractivity (Wildman–Crippen MR) is 84.6 cm³/mol. The third-order valence-corrected chi connectivity index (χ3v) is 3.86. The van der Waals surface area contributed by atoms with Crippen LogP contribution in [0.25, 0.3) is 5.57 Å². The maximum absolute atomic E-state index is 11.9. The third kappa shape index (κ3) is 3.85. The lowest BCUT2D eigenvalue weighted by Gasteiger charge is -2.07. The second-order valence-corrected chi connectivity index (χ2v) is 5.57. The average Bonchev–Trinajstić information content (AvgIpc) is 2.91. The molecule has 0 aliphatic heterocycles. The molecule has 0 saturated carbocycles. The summed E-state index contributed by atoms with van der Waals surface area (Å²) in [5, 5.41) is 0.840. The van der Waals surface area contributed by atoms with Gasteiger partial charge >= 0.3 is 5.97 Å². The largest absolute Gasteiger partial charge is 0.503 e. The highest BCUT2D eigenvalue weighted by atomic mass is 32.1. The molecule has 0 unspecified atom stereocenters. The summed E-state index contributed by atoms with van der Waals surface area (Å²) < 4.78 is 15.5. The van der Waals surface area contributed by atoms with Crippen LogP contribution < -0.4 is 4.74 Å². The van der Waals surface area contributed by atoms with Crippen molar-refractivity contribution in [1.29, 1.82) is 0 Å². The van der Waals surface area contributed by atoms with Crippen molar-refractivity contribution in [3.63, 3.8) is 0 Å². The summed E-state index contributed by atoms with van der Waals surface area (Å²) in [5.74, 6) is 0.279. The Labute approximate surface area is 133 Å². The Hall–Kier alpha value is -2.34. The van der Waals surface area contributed by atoms with Crippen molar-refractivity contribution >= 4 is 22.9 Å². The van der Waals surface area contributed by atoms with Gasteiger partial charge in [-0.15, -0.1) is 11.3 Å². The molecule has 1 heterocycles. The number of ether oxygens (including phenoxy) is 3. The van der Waals surface area contributed by atoms with Crippen molar-refractivity contribution < 1.29 is 19.0 Å². The van der Waals surface area contributed by atoms with Gasteiger partial charge in [-0.3, -0.25) is 0 Å². The topological polar surface area (TPSA) is 57.7 Å². The predicted octanol–water partition coefficient (Wildman–Crippen LogP) is 3.19. The molecule has 0 radical (unpaired) electrons. The van der Waals surface area contributed by atoms with Crippen molar-refractivity contribution in [2.45, 2.75) is 13.5 Å². The van der Waals surface area contributed by atoms with Crippen LogP contribution in [0.3, 0.4) is 0 Å². The van der Waals surface area contributed by atoms with E-state index in [2.05, 4.69) is 4.98 Å². The van der Waals surface area contributed by atoms with E-state index in [1.165, 1.54) is 31.8 Å². The molecule has 0 N–H and O–H groups in total. The average molecular weight is 319 g/mol. The van der Waals surface area contributed by atoms with E-state index in [1.807, 2.05) is 37.3 Å². The second-order valence-electron chi connectivity index (χ2n) is 4.37. The quantitative estimate of drug-likeness (QED) is 0.465. The van der Waals surface area contributed by atoms with Gasteiger partial charge in [0.05, 0.1) is 36.1 Å². The van der Waals surface area contributed by atoms with Gasteiger partial charge in [0.15, 0.2) is 0 Å². The van der Waals surface area contributed by atoms with E-state index in [9.17, 15) is 4.79 Å². The number of nitrogens with zero attached hydrogens (tertiary/aromatic N) is 1. The number of rotatable bonds is 6. The Morgan fingerprint density at radius 2 is 2.00 bits per heavy atom. The van der Waals surface area contributed by atoms with Gasteiger partial charge in [-0.05, 0) is 19.1 Å². The summed E-state index contributed by atoms with van der Waals surface area (Å²) in [6, 6.07) is 9.44. The Morgan fingerprint density at radius 1 is 1.27 bits per heavy atom. The number of carbonyl (C=O) groups is 1. The van der Waals surface area contributed by atoms with Gasteiger partial charge < -0.3 is 14.2 Å². The molecule has 0 bridgehead atoms. The molecule has 1 aromatic carbocycles. The lowest BCUT2D eigenvalue weighted by molar-refractivity contribution is -0.133. The highest BCUT2D eigenvalue weighted by molar-refractivity contribution is 7.13. The summed E-state index contributed by atoms with van der Waals surface area (Å²) in [6.07, 6.45) is 1.37. The molecule has 116 valence electrons. The molecule has 0 spiro atoms. The highest BCUT2D eigenvalue weighted by Gasteiger charge is 2.21. The van der Waals surface area contributed by atoms with Crippen LogP contribution in [0.4, 0.5) is 0 Å². The van der Waals surface area contributed by atoms with E-state index >= 15 is 0 Å². The number of hydrogen-bond acceptors (Lipinski definition) is 6. The number of methoxy groups -OCH3 is 2. The lowest BCUT2D eigenvalue weighted by atomic mass is 10.2. The Bertz CT molecular complexity index is 664. The molecule has 5 nitrogen and oxygen atoms in total. The zero-order chi connectivity index (χ0) is 15.9. The van der Waals surface area contributed by atoms with E-state index in [0.29, 0.717) is 16.1 Å². The van der Waals surface area contributed by atoms with Crippen molar-refractivity contribution in [3.05, 3.63) is 52.2 Å². The first kappa shape index (κ1) is 16.0. The molecular weight excluding hydrogens is 302 g/mol. The Balaban J connectivity index is 2.25. The first-order valence-corrected chi connectivity index (χ1v) is 7.43. The van der Waals surface area contributed by atoms with Gasteiger partial charge in [0.2, 0.25) is 0 Å². The van der Waals surface area contributed by atoms with Crippen LogP contribution in [0.15, 0.2) is 36.6 Å². The molecular formula is C16H17NO4S. The van der Waals surface area contributed by atoms with Gasteiger partial charge in [0.25, 0.3) is 0 Å². The summed E-state index contributed by atoms with van der Waals surface area (Å²) in [7, 11) is 2.82. The van der Waals surface area contributed by atoms with Crippen molar-refractivity contribution in [2.75, 3.05) is 14.2 Å². The van der Waals surface area contributed by atoms with Crippen molar-refractivity contribution in [3.8, 4) is 5.75 Å². The standard InChI is InChI=1S/C16H17NO4S/c1-11-17-14(10-21-12-7-5-4-6-8-12)15(22-11)13(9-19-2)16(18)20-3/h4-9H,10H2,1-3H3/b13-9+. The Morgan fingerprint density at radius 3 is 2.64 bits per heavy atom. The maximum atomic E-state index is 11.9. The smallest absolute Gasteiger partial charge is 0.342 e. The fourth-order valence-electron chi connectivity index (χ4n) is 1.87. The van der Waals surface area contributed by atoms with Gasteiger partial charge in [-0.25, -0.2) is 9.78 Å². The minimum Gasteiger partial charge on any atom is -0.503 e. The maximum Gasteiger partial charge on any atom is 0.342 e. The molecule has 6 heteroatoms. The van der Waals surface area contributed by atoms with Gasteiger partial charge in [0, 0.05) is 0 Å². The van der Waals surface area contributed by atoms with Crippen LogP contribution in [-0.2, 0) is 20.9 Å². The van der Waals surface area contributed by atoms with Crippen molar-refractivity contribution in [1.82, 2.24) is 4.98 Å². The molecule has 0 aliphatic rings. The number of benzene rings is 1. The zero-order valence-electron chi connectivity index (χ0n) is 12.7. The van der Waals surface area contributed by atoms with Crippen LogP contribution in [0.2, 0.25) is 0 Å². The summed E-state index contributed by atoms with van der Waals surface area (Å²) in [6.45, 7) is 2.14. The Kier molecular flexibility index (Phi) is 5.55. The number of aryl methyl sites for hydroxylation is 1. The number of hydrogen-bond donors (Lipinski definition) is 0. The van der Waals surface area contributed by atoms with Gasteiger partial charge in [0.1, 0.15) is 17.9 Å². The fourth-order valence-corrected chi connectivity index (χ4v) is 2.78. The number of para-hydroxylation sites is 1. The lowest BCUT2D eigenvalue weighted by Crippen LogP contribution is -2.06. The number of carbonyl (C=O) groups excluding carboxylic acids is 1. The molecule has 0 amide bonds. The second kappa shape index (κ2) is 7.61. The van der Waals surface area contributed by atoms with Crippen LogP contribution in [0, 0.1) is 6.92 Å². The molecule has 0 saturated heterocycles. The molecule has 2 aromatic rings. The van der Waals surface area contributed by atoms with Crippen molar-refractivity contribution in [2.24, 2.45) is 0 Å². The monoisotopic (exact) mass is 319 g/mol.